The van der Waals surface area contributed by atoms with Crippen LogP contribution < -0.4 is 5.32 Å². The number of rotatable bonds is 8. The molecular formula is C28H27NO7. The predicted octanol–water partition coefficient (Wildman–Crippen LogP) is 4.20. The van der Waals surface area contributed by atoms with Crippen molar-refractivity contribution >= 4 is 17.7 Å². The molecule has 3 aromatic carbocycles. The molecule has 0 unspecified atom stereocenters. The first kappa shape index (κ1) is 24.9. The number of carboxylic acids is 1. The summed E-state index contributed by atoms with van der Waals surface area (Å²) in [5, 5.41) is 33.4. The molecule has 3 aromatic rings. The molecule has 8 heteroatoms. The van der Waals surface area contributed by atoms with E-state index >= 15 is 0 Å². The van der Waals surface area contributed by atoms with Gasteiger partial charge in [0, 0.05) is 11.1 Å². The number of nitrogens with one attached hydrogen (secondary N) is 1. The van der Waals surface area contributed by atoms with Crippen LogP contribution in [0.2, 0.25) is 0 Å². The van der Waals surface area contributed by atoms with Crippen LogP contribution in [0.25, 0.3) is 0 Å². The van der Waals surface area contributed by atoms with Crippen LogP contribution in [0.4, 0.5) is 0 Å². The smallest absolute Gasteiger partial charge is 0.336 e. The van der Waals surface area contributed by atoms with Gasteiger partial charge in [-0.05, 0) is 62.1 Å². The number of hydrogen-bond donors (Lipinski definition) is 4. The van der Waals surface area contributed by atoms with Gasteiger partial charge in [-0.2, -0.15) is 0 Å². The van der Waals surface area contributed by atoms with Gasteiger partial charge in [-0.25, -0.2) is 4.79 Å². The number of phenolic OH excluding ortho intramolecular Hbond substituents is 2. The lowest BCUT2D eigenvalue weighted by molar-refractivity contribution is 0.0270. The number of aromatic carboxylic acids is 1. The fraction of sp³-hybridized carbons (Fsp3) is 0.250. The van der Waals surface area contributed by atoms with E-state index < -0.39 is 23.3 Å². The van der Waals surface area contributed by atoms with Crippen LogP contribution in [0.15, 0.2) is 60.7 Å². The topological polar surface area (TPSA) is 133 Å². The number of carbonyl (C=O) groups is 3. The summed E-state index contributed by atoms with van der Waals surface area (Å²) in [5.74, 6) is -3.21. The van der Waals surface area contributed by atoms with Crippen molar-refractivity contribution in [2.24, 2.45) is 0 Å². The third-order valence-corrected chi connectivity index (χ3v) is 6.33. The average Bonchev–Trinajstić information content (AvgIpc) is 3.29. The van der Waals surface area contributed by atoms with E-state index in [1.807, 2.05) is 19.1 Å². The Bertz CT molecular complexity index is 1280. The van der Waals surface area contributed by atoms with Crippen molar-refractivity contribution in [3.05, 3.63) is 94.0 Å². The van der Waals surface area contributed by atoms with Crippen LogP contribution in [-0.2, 0) is 11.3 Å². The van der Waals surface area contributed by atoms with Gasteiger partial charge in [-0.3, -0.25) is 9.59 Å². The highest BCUT2D eigenvalue weighted by Gasteiger charge is 2.30. The number of phenols is 2. The van der Waals surface area contributed by atoms with E-state index in [2.05, 4.69) is 5.32 Å². The van der Waals surface area contributed by atoms with E-state index in [1.54, 1.807) is 12.1 Å². The van der Waals surface area contributed by atoms with Crippen LogP contribution in [0, 0.1) is 6.92 Å². The molecule has 2 atom stereocenters. The summed E-state index contributed by atoms with van der Waals surface area (Å²) in [6, 6.07) is 15.4. The molecule has 0 aromatic heterocycles. The van der Waals surface area contributed by atoms with Crippen LogP contribution in [0.1, 0.15) is 67.0 Å². The van der Waals surface area contributed by atoms with Crippen molar-refractivity contribution < 1.29 is 34.4 Å². The number of carbonyl (C=O) groups excluding carboxylic acids is 2. The first-order valence-corrected chi connectivity index (χ1v) is 11.7. The van der Waals surface area contributed by atoms with Gasteiger partial charge in [0.05, 0.1) is 24.3 Å². The highest BCUT2D eigenvalue weighted by molar-refractivity contribution is 6.16. The molecule has 0 spiro atoms. The number of benzene rings is 3. The quantitative estimate of drug-likeness (QED) is 0.349. The minimum Gasteiger partial charge on any atom is -0.507 e. The summed E-state index contributed by atoms with van der Waals surface area (Å²) in [6.07, 6.45) is 2.16. The van der Waals surface area contributed by atoms with Crippen molar-refractivity contribution in [3.63, 3.8) is 0 Å². The van der Waals surface area contributed by atoms with Crippen LogP contribution in [-0.4, -0.2) is 45.1 Å². The van der Waals surface area contributed by atoms with Crippen molar-refractivity contribution in [1.82, 2.24) is 5.32 Å². The highest BCUT2D eigenvalue weighted by atomic mass is 16.5. The normalized spacial score (nSPS) is 17.0. The van der Waals surface area contributed by atoms with E-state index in [9.17, 15) is 29.7 Å². The highest BCUT2D eigenvalue weighted by Crippen LogP contribution is 2.33. The number of hydrogen-bond acceptors (Lipinski definition) is 6. The Kier molecular flexibility index (Phi) is 7.36. The van der Waals surface area contributed by atoms with Crippen molar-refractivity contribution in [3.8, 4) is 11.5 Å². The number of ketones is 1. The van der Waals surface area contributed by atoms with Crippen LogP contribution in [0.3, 0.4) is 0 Å². The molecule has 0 bridgehead atoms. The fourth-order valence-electron chi connectivity index (χ4n) is 4.44. The first-order valence-electron chi connectivity index (χ1n) is 11.7. The molecule has 0 aliphatic heterocycles. The minimum absolute atomic E-state index is 0.0445. The Morgan fingerprint density at radius 1 is 0.944 bits per heavy atom. The molecule has 0 radical (unpaired) electrons. The maximum absolute atomic E-state index is 12.9. The number of amides is 1. The molecule has 1 aliphatic carbocycles. The summed E-state index contributed by atoms with van der Waals surface area (Å²) in [5.41, 5.74) is 1.33. The zero-order valence-corrected chi connectivity index (χ0v) is 19.7. The second-order valence-corrected chi connectivity index (χ2v) is 8.92. The Morgan fingerprint density at radius 3 is 2.22 bits per heavy atom. The Balaban J connectivity index is 1.44. The lowest BCUT2D eigenvalue weighted by Gasteiger charge is -2.22. The van der Waals surface area contributed by atoms with Crippen LogP contribution >= 0.6 is 0 Å². The van der Waals surface area contributed by atoms with Gasteiger partial charge in [0.2, 0.25) is 5.78 Å². The molecular weight excluding hydrogens is 462 g/mol. The van der Waals surface area contributed by atoms with E-state index in [0.717, 1.165) is 24.8 Å². The third-order valence-electron chi connectivity index (χ3n) is 6.33. The zero-order chi connectivity index (χ0) is 25.8. The number of aromatic hydroxyl groups is 2. The summed E-state index contributed by atoms with van der Waals surface area (Å²) >= 11 is 0. The maximum atomic E-state index is 12.9. The maximum Gasteiger partial charge on any atom is 0.336 e. The first-order chi connectivity index (χ1) is 17.2. The summed E-state index contributed by atoms with van der Waals surface area (Å²) in [7, 11) is 0. The second-order valence-electron chi connectivity index (χ2n) is 8.92. The summed E-state index contributed by atoms with van der Waals surface area (Å²) < 4.78 is 6.00. The molecule has 1 fully saturated rings. The lowest BCUT2D eigenvalue weighted by atomic mass is 9.96. The average molecular weight is 490 g/mol. The van der Waals surface area contributed by atoms with E-state index in [-0.39, 0.29) is 41.4 Å². The number of ether oxygens (including phenoxy) is 1. The predicted molar refractivity (Wildman–Crippen MR) is 131 cm³/mol. The van der Waals surface area contributed by atoms with Gasteiger partial charge < -0.3 is 25.4 Å². The van der Waals surface area contributed by atoms with Gasteiger partial charge in [0.25, 0.3) is 5.91 Å². The molecule has 0 heterocycles. The number of aryl methyl sites for hydroxylation is 1. The molecule has 186 valence electrons. The largest absolute Gasteiger partial charge is 0.507 e. The Hall–Kier alpha value is -4.17. The Labute approximate surface area is 208 Å². The van der Waals surface area contributed by atoms with E-state index in [0.29, 0.717) is 11.1 Å². The minimum atomic E-state index is -1.29. The Morgan fingerprint density at radius 2 is 1.58 bits per heavy atom. The molecule has 8 nitrogen and oxygen atoms in total. The van der Waals surface area contributed by atoms with Gasteiger partial charge in [0.1, 0.15) is 17.1 Å². The summed E-state index contributed by atoms with van der Waals surface area (Å²) in [4.78, 5) is 37.0. The van der Waals surface area contributed by atoms with Gasteiger partial charge in [0.15, 0.2) is 0 Å². The molecule has 36 heavy (non-hydrogen) atoms. The van der Waals surface area contributed by atoms with Gasteiger partial charge >= 0.3 is 5.97 Å². The SMILES string of the molecule is Cc1ccc(C(=O)N[C@@H]2CCC[C@H]2OCc2cc(O)c(C(=O)c3ccccc3C(=O)O)c(O)c2)cc1. The van der Waals surface area contributed by atoms with Crippen molar-refractivity contribution in [2.75, 3.05) is 0 Å². The van der Waals surface area contributed by atoms with Crippen LogP contribution in [0.5, 0.6) is 11.5 Å². The molecule has 1 saturated carbocycles. The second kappa shape index (κ2) is 10.6. The zero-order valence-electron chi connectivity index (χ0n) is 19.7. The van der Waals surface area contributed by atoms with Gasteiger partial charge in [-0.1, -0.05) is 35.9 Å². The number of carboxylic acid groups (broad SMARTS) is 1. The van der Waals surface area contributed by atoms with Crippen molar-refractivity contribution in [2.45, 2.75) is 44.9 Å². The molecule has 0 saturated heterocycles. The standard InChI is InChI=1S/C28H27NO7/c1-16-9-11-18(12-10-16)27(33)29-21-7-4-8-24(21)36-15-17-13-22(30)25(23(31)14-17)26(32)19-5-2-3-6-20(19)28(34)35/h2-3,5-6,9-14,21,24,30-31H,4,7-8,15H2,1H3,(H,29,33)(H,34,35)/t21-,24-/m1/s1. The summed E-state index contributed by atoms with van der Waals surface area (Å²) in [6.45, 7) is 2.00. The molecule has 1 aliphatic rings. The molecule has 1 amide bonds. The fourth-order valence-corrected chi connectivity index (χ4v) is 4.44. The van der Waals surface area contributed by atoms with E-state index in [1.165, 1.54) is 36.4 Å². The van der Waals surface area contributed by atoms with E-state index in [4.69, 9.17) is 4.74 Å². The van der Waals surface area contributed by atoms with Gasteiger partial charge in [-0.15, -0.1) is 0 Å². The molecule has 4 N–H and O–H groups in total. The third kappa shape index (κ3) is 5.39. The van der Waals surface area contributed by atoms with Crippen molar-refractivity contribution in [1.29, 1.82) is 0 Å². The lowest BCUT2D eigenvalue weighted by Crippen LogP contribution is -2.41. The monoisotopic (exact) mass is 489 g/mol. The molecule has 4 rings (SSSR count).